The topological polar surface area (TPSA) is 61.7 Å². The summed E-state index contributed by atoms with van der Waals surface area (Å²) >= 11 is 0. The van der Waals surface area contributed by atoms with Crippen LogP contribution in [0.5, 0.6) is 17.2 Å². The van der Waals surface area contributed by atoms with Crippen molar-refractivity contribution in [3.05, 3.63) is 53.1 Å². The molecule has 1 aliphatic rings. The number of unbranched alkanes of at least 4 members (excludes halogenated alkanes) is 1. The molecule has 0 heterocycles. The molecule has 0 fully saturated rings. The first-order valence-corrected chi connectivity index (χ1v) is 8.60. The number of rotatable bonds is 6. The smallest absolute Gasteiger partial charge is 0.203 e. The SMILES string of the molecule is CCCCNC1Cc2ccccc2[C@@H]1Oc1c(O)cc(C)cc1O. The standard InChI is InChI=1S/C20H25NO3/c1-3-4-9-21-16-12-14-7-5-6-8-15(14)19(16)24-20-17(22)10-13(2)11-18(20)23/h5-8,10-11,16,19,21-23H,3-4,9,12H2,1-2H3/t16?,19-/m0/s1. The molecule has 24 heavy (non-hydrogen) atoms. The van der Waals surface area contributed by atoms with Crippen LogP contribution in [0.15, 0.2) is 36.4 Å². The fraction of sp³-hybridized carbons (Fsp3) is 0.400. The van der Waals surface area contributed by atoms with Crippen molar-refractivity contribution < 1.29 is 14.9 Å². The average Bonchev–Trinajstić information content (AvgIpc) is 2.88. The van der Waals surface area contributed by atoms with Gasteiger partial charge in [-0.15, -0.1) is 0 Å². The molecule has 0 amide bonds. The predicted molar refractivity (Wildman–Crippen MR) is 94.7 cm³/mol. The van der Waals surface area contributed by atoms with E-state index in [2.05, 4.69) is 24.4 Å². The lowest BCUT2D eigenvalue weighted by molar-refractivity contribution is 0.156. The van der Waals surface area contributed by atoms with Crippen molar-refractivity contribution in [2.45, 2.75) is 45.3 Å². The van der Waals surface area contributed by atoms with Crippen molar-refractivity contribution in [3.63, 3.8) is 0 Å². The van der Waals surface area contributed by atoms with Gasteiger partial charge in [0.2, 0.25) is 5.75 Å². The molecule has 4 heteroatoms. The molecule has 128 valence electrons. The van der Waals surface area contributed by atoms with E-state index in [4.69, 9.17) is 4.74 Å². The molecule has 3 rings (SSSR count). The van der Waals surface area contributed by atoms with Crippen molar-refractivity contribution >= 4 is 0 Å². The van der Waals surface area contributed by atoms with Crippen molar-refractivity contribution in [1.82, 2.24) is 5.32 Å². The summed E-state index contributed by atoms with van der Waals surface area (Å²) in [5, 5.41) is 23.9. The van der Waals surface area contributed by atoms with E-state index >= 15 is 0 Å². The monoisotopic (exact) mass is 327 g/mol. The third-order valence-corrected chi connectivity index (χ3v) is 4.54. The fourth-order valence-corrected chi connectivity index (χ4v) is 3.33. The number of fused-ring (bicyclic) bond motifs is 1. The van der Waals surface area contributed by atoms with Crippen molar-refractivity contribution in [2.24, 2.45) is 0 Å². The second-order valence-electron chi connectivity index (χ2n) is 6.49. The van der Waals surface area contributed by atoms with Crippen molar-refractivity contribution in [3.8, 4) is 17.2 Å². The van der Waals surface area contributed by atoms with Crippen LogP contribution in [0.25, 0.3) is 0 Å². The molecule has 0 aromatic heterocycles. The highest BCUT2D eigenvalue weighted by Crippen LogP contribution is 2.43. The molecule has 0 bridgehead atoms. The Balaban J connectivity index is 1.87. The van der Waals surface area contributed by atoms with Crippen LogP contribution in [0.3, 0.4) is 0 Å². The van der Waals surface area contributed by atoms with Crippen LogP contribution in [-0.2, 0) is 6.42 Å². The normalized spacial score (nSPS) is 19.2. The van der Waals surface area contributed by atoms with Crippen molar-refractivity contribution in [1.29, 1.82) is 0 Å². The Bertz CT molecular complexity index is 691. The molecular formula is C20H25NO3. The zero-order chi connectivity index (χ0) is 17.1. The summed E-state index contributed by atoms with van der Waals surface area (Å²) in [7, 11) is 0. The van der Waals surface area contributed by atoms with E-state index in [0.717, 1.165) is 36.9 Å². The molecule has 0 radical (unpaired) electrons. The quantitative estimate of drug-likeness (QED) is 0.706. The molecule has 0 saturated heterocycles. The highest BCUT2D eigenvalue weighted by molar-refractivity contribution is 5.52. The Labute approximate surface area is 143 Å². The Hall–Kier alpha value is -2.20. The summed E-state index contributed by atoms with van der Waals surface area (Å²) in [4.78, 5) is 0. The van der Waals surface area contributed by atoms with Gasteiger partial charge in [0.05, 0.1) is 6.04 Å². The van der Waals surface area contributed by atoms with Crippen LogP contribution in [0, 0.1) is 6.92 Å². The van der Waals surface area contributed by atoms with Gasteiger partial charge in [0.25, 0.3) is 0 Å². The number of benzene rings is 2. The zero-order valence-electron chi connectivity index (χ0n) is 14.2. The summed E-state index contributed by atoms with van der Waals surface area (Å²) in [6, 6.07) is 11.6. The number of hydrogen-bond acceptors (Lipinski definition) is 4. The van der Waals surface area contributed by atoms with Crippen LogP contribution in [0.4, 0.5) is 0 Å². The van der Waals surface area contributed by atoms with Crippen LogP contribution in [-0.4, -0.2) is 22.8 Å². The highest BCUT2D eigenvalue weighted by atomic mass is 16.5. The van der Waals surface area contributed by atoms with E-state index in [1.165, 1.54) is 5.56 Å². The first-order valence-electron chi connectivity index (χ1n) is 8.60. The largest absolute Gasteiger partial charge is 0.504 e. The second kappa shape index (κ2) is 7.14. The van der Waals surface area contributed by atoms with E-state index in [0.29, 0.717) is 0 Å². The van der Waals surface area contributed by atoms with E-state index < -0.39 is 0 Å². The maximum Gasteiger partial charge on any atom is 0.203 e. The maximum absolute atomic E-state index is 10.2. The minimum atomic E-state index is -0.224. The molecule has 2 aromatic rings. The lowest BCUT2D eigenvalue weighted by Gasteiger charge is -2.24. The summed E-state index contributed by atoms with van der Waals surface area (Å²) in [6.45, 7) is 4.92. The second-order valence-corrected chi connectivity index (χ2v) is 6.49. The van der Waals surface area contributed by atoms with E-state index in [1.807, 2.05) is 19.1 Å². The molecule has 0 spiro atoms. The van der Waals surface area contributed by atoms with Gasteiger partial charge in [0, 0.05) is 0 Å². The minimum Gasteiger partial charge on any atom is -0.504 e. The predicted octanol–water partition coefficient (Wildman–Crippen LogP) is 3.84. The third-order valence-electron chi connectivity index (χ3n) is 4.54. The van der Waals surface area contributed by atoms with Gasteiger partial charge < -0.3 is 20.3 Å². The summed E-state index contributed by atoms with van der Waals surface area (Å²) in [5.74, 6) is 0.109. The van der Waals surface area contributed by atoms with E-state index in [1.54, 1.807) is 12.1 Å². The van der Waals surface area contributed by atoms with Gasteiger partial charge in [-0.2, -0.15) is 0 Å². The molecule has 2 aromatic carbocycles. The number of nitrogens with one attached hydrogen (secondary N) is 1. The minimum absolute atomic E-state index is 0.0239. The zero-order valence-corrected chi connectivity index (χ0v) is 14.2. The Morgan fingerprint density at radius 2 is 1.88 bits per heavy atom. The first-order chi connectivity index (χ1) is 11.6. The van der Waals surface area contributed by atoms with Gasteiger partial charge in [-0.25, -0.2) is 0 Å². The lowest BCUT2D eigenvalue weighted by Crippen LogP contribution is -2.35. The van der Waals surface area contributed by atoms with Gasteiger partial charge in [-0.05, 0) is 55.1 Å². The fourth-order valence-electron chi connectivity index (χ4n) is 3.33. The maximum atomic E-state index is 10.2. The summed E-state index contributed by atoms with van der Waals surface area (Å²) in [5.41, 5.74) is 3.16. The number of aryl methyl sites for hydroxylation is 1. The molecule has 0 saturated carbocycles. The number of phenols is 2. The highest BCUT2D eigenvalue weighted by Gasteiger charge is 2.34. The van der Waals surface area contributed by atoms with E-state index in [-0.39, 0.29) is 29.4 Å². The Morgan fingerprint density at radius 3 is 2.58 bits per heavy atom. The van der Waals surface area contributed by atoms with Crippen LogP contribution in [0.2, 0.25) is 0 Å². The van der Waals surface area contributed by atoms with Crippen LogP contribution in [0.1, 0.15) is 42.6 Å². The lowest BCUT2D eigenvalue weighted by atomic mass is 10.1. The molecule has 3 N–H and O–H groups in total. The molecule has 4 nitrogen and oxygen atoms in total. The molecule has 2 atom stereocenters. The van der Waals surface area contributed by atoms with Crippen LogP contribution >= 0.6 is 0 Å². The van der Waals surface area contributed by atoms with Gasteiger partial charge >= 0.3 is 0 Å². The van der Waals surface area contributed by atoms with Gasteiger partial charge in [0.15, 0.2) is 11.5 Å². The first kappa shape index (κ1) is 16.7. The van der Waals surface area contributed by atoms with Gasteiger partial charge in [-0.3, -0.25) is 0 Å². The Kier molecular flexibility index (Phi) is 4.95. The number of ether oxygens (including phenoxy) is 1. The average molecular weight is 327 g/mol. The molecule has 0 aliphatic heterocycles. The number of hydrogen-bond donors (Lipinski definition) is 3. The Morgan fingerprint density at radius 1 is 1.17 bits per heavy atom. The van der Waals surface area contributed by atoms with Gasteiger partial charge in [0.1, 0.15) is 6.10 Å². The van der Waals surface area contributed by atoms with Crippen LogP contribution < -0.4 is 10.1 Å². The molecule has 1 unspecified atom stereocenters. The van der Waals surface area contributed by atoms with Crippen molar-refractivity contribution in [2.75, 3.05) is 6.54 Å². The number of phenolic OH excluding ortho intramolecular Hbond substituents is 2. The van der Waals surface area contributed by atoms with Gasteiger partial charge in [-0.1, -0.05) is 37.6 Å². The summed E-state index contributed by atoms with van der Waals surface area (Å²) < 4.78 is 6.10. The number of aromatic hydroxyl groups is 2. The molecule has 1 aliphatic carbocycles. The summed E-state index contributed by atoms with van der Waals surface area (Å²) in [6.07, 6.45) is 2.91. The third kappa shape index (κ3) is 3.34. The molecular weight excluding hydrogens is 302 g/mol. The van der Waals surface area contributed by atoms with E-state index in [9.17, 15) is 10.2 Å².